The second kappa shape index (κ2) is 8.75. The van der Waals surface area contributed by atoms with Crippen LogP contribution in [0, 0.1) is 0 Å². The molecule has 2 aromatic heterocycles. The number of para-hydroxylation sites is 1. The number of benzene rings is 1. The van der Waals surface area contributed by atoms with E-state index in [1.165, 1.54) is 16.7 Å². The van der Waals surface area contributed by atoms with E-state index < -0.39 is 5.97 Å². The first kappa shape index (κ1) is 19.7. The molecule has 0 amide bonds. The number of aromatic nitrogens is 2. The van der Waals surface area contributed by atoms with Crippen LogP contribution in [-0.2, 0) is 22.6 Å². The predicted molar refractivity (Wildman–Crippen MR) is 104 cm³/mol. The molecule has 0 aliphatic rings. The fourth-order valence-electron chi connectivity index (χ4n) is 2.81. The summed E-state index contributed by atoms with van der Waals surface area (Å²) in [6, 6.07) is 10.1. The molecule has 0 atom stereocenters. The average molecular weight is 403 g/mol. The van der Waals surface area contributed by atoms with Crippen LogP contribution in [0.25, 0.3) is 5.65 Å². The molecule has 3 aromatic rings. The van der Waals surface area contributed by atoms with Gasteiger partial charge in [-0.05, 0) is 30.2 Å². The van der Waals surface area contributed by atoms with Crippen LogP contribution in [0.4, 0.5) is 0 Å². The molecule has 8 heteroatoms. The maximum absolute atomic E-state index is 12.1. The van der Waals surface area contributed by atoms with Gasteiger partial charge in [0.15, 0.2) is 11.5 Å². The highest BCUT2D eigenvalue weighted by molar-refractivity contribution is 6.30. The van der Waals surface area contributed by atoms with Gasteiger partial charge in [-0.3, -0.25) is 14.0 Å². The van der Waals surface area contributed by atoms with E-state index in [-0.39, 0.29) is 18.6 Å². The Morgan fingerprint density at radius 2 is 2.00 bits per heavy atom. The minimum atomic E-state index is -0.400. The van der Waals surface area contributed by atoms with Gasteiger partial charge in [0.1, 0.15) is 12.3 Å². The summed E-state index contributed by atoms with van der Waals surface area (Å²) in [6.45, 7) is -0.0809. The number of pyridine rings is 1. The number of methoxy groups -OCH3 is 2. The summed E-state index contributed by atoms with van der Waals surface area (Å²) in [4.78, 5) is 28.6. The number of rotatable bonds is 7. The predicted octanol–water partition coefficient (Wildman–Crippen LogP) is 3.04. The van der Waals surface area contributed by atoms with E-state index >= 15 is 0 Å². The molecule has 0 aliphatic heterocycles. The zero-order chi connectivity index (χ0) is 20.1. The number of nitrogens with zero attached hydrogens (tertiary/aromatic N) is 2. The second-order valence-corrected chi connectivity index (χ2v) is 6.41. The first-order chi connectivity index (χ1) is 13.5. The maximum atomic E-state index is 12.1. The molecule has 0 radical (unpaired) electrons. The number of carbonyl (C=O) groups excluding carboxylic acids is 1. The van der Waals surface area contributed by atoms with Crippen molar-refractivity contribution in [2.75, 3.05) is 14.2 Å². The van der Waals surface area contributed by atoms with E-state index in [0.717, 1.165) is 5.56 Å². The molecule has 0 spiro atoms. The third-order valence-electron chi connectivity index (χ3n) is 4.14. The van der Waals surface area contributed by atoms with Crippen LogP contribution in [0.5, 0.6) is 11.5 Å². The Hall–Kier alpha value is -3.06. The third-order valence-corrected chi connectivity index (χ3v) is 4.36. The fraction of sp³-hybridized carbons (Fsp3) is 0.250. The first-order valence-electron chi connectivity index (χ1n) is 8.55. The van der Waals surface area contributed by atoms with Gasteiger partial charge in [0.2, 0.25) is 0 Å². The summed E-state index contributed by atoms with van der Waals surface area (Å²) in [5.41, 5.74) is 1.36. The van der Waals surface area contributed by atoms with Crippen molar-refractivity contribution in [1.29, 1.82) is 0 Å². The zero-order valence-electron chi connectivity index (χ0n) is 15.5. The van der Waals surface area contributed by atoms with Gasteiger partial charge >= 0.3 is 5.97 Å². The van der Waals surface area contributed by atoms with Gasteiger partial charge < -0.3 is 14.2 Å². The van der Waals surface area contributed by atoms with E-state index in [9.17, 15) is 9.59 Å². The lowest BCUT2D eigenvalue weighted by Crippen LogP contribution is -2.16. The molecule has 146 valence electrons. The monoisotopic (exact) mass is 402 g/mol. The minimum Gasteiger partial charge on any atom is -0.493 e. The number of esters is 1. The van der Waals surface area contributed by atoms with E-state index in [1.54, 1.807) is 32.4 Å². The van der Waals surface area contributed by atoms with Crippen molar-refractivity contribution in [2.45, 2.75) is 19.4 Å². The second-order valence-electron chi connectivity index (χ2n) is 5.97. The van der Waals surface area contributed by atoms with Crippen LogP contribution in [0.1, 0.15) is 17.7 Å². The van der Waals surface area contributed by atoms with Crippen LogP contribution in [0.2, 0.25) is 5.02 Å². The third kappa shape index (κ3) is 4.43. The Kier molecular flexibility index (Phi) is 6.16. The summed E-state index contributed by atoms with van der Waals surface area (Å²) in [5, 5.41) is 0.434. The van der Waals surface area contributed by atoms with Crippen molar-refractivity contribution in [2.24, 2.45) is 0 Å². The number of aryl methyl sites for hydroxylation is 1. The van der Waals surface area contributed by atoms with E-state index in [0.29, 0.717) is 34.3 Å². The van der Waals surface area contributed by atoms with Crippen LogP contribution >= 0.6 is 11.6 Å². The number of halogens is 1. The van der Waals surface area contributed by atoms with Crippen LogP contribution in [0.15, 0.2) is 47.4 Å². The molecular weight excluding hydrogens is 384 g/mol. The number of carbonyl (C=O) groups is 1. The lowest BCUT2D eigenvalue weighted by Gasteiger charge is -2.12. The molecule has 0 aliphatic carbocycles. The molecule has 2 heterocycles. The van der Waals surface area contributed by atoms with Crippen molar-refractivity contribution in [1.82, 2.24) is 9.38 Å². The molecule has 0 saturated heterocycles. The average Bonchev–Trinajstić information content (AvgIpc) is 2.70. The van der Waals surface area contributed by atoms with E-state index in [1.807, 2.05) is 12.1 Å². The first-order valence-corrected chi connectivity index (χ1v) is 8.93. The molecule has 0 N–H and O–H groups in total. The van der Waals surface area contributed by atoms with Gasteiger partial charge in [-0.25, -0.2) is 4.98 Å². The Morgan fingerprint density at radius 3 is 2.75 bits per heavy atom. The lowest BCUT2D eigenvalue weighted by molar-refractivity contribution is -0.145. The molecule has 7 nitrogen and oxygen atoms in total. The topological polar surface area (TPSA) is 79.1 Å². The SMILES string of the molecule is COc1cccc(CCC(=O)OCc2cc(=O)n3cc(Cl)ccc3n2)c1OC. The highest BCUT2D eigenvalue weighted by atomic mass is 35.5. The Morgan fingerprint density at radius 1 is 1.18 bits per heavy atom. The number of hydrogen-bond acceptors (Lipinski definition) is 6. The molecule has 0 unspecified atom stereocenters. The largest absolute Gasteiger partial charge is 0.493 e. The Bertz CT molecular complexity index is 1060. The summed E-state index contributed by atoms with van der Waals surface area (Å²) in [7, 11) is 3.11. The number of ether oxygens (including phenoxy) is 3. The molecule has 28 heavy (non-hydrogen) atoms. The van der Waals surface area contributed by atoms with Crippen LogP contribution in [-0.4, -0.2) is 29.6 Å². The van der Waals surface area contributed by atoms with E-state index in [4.69, 9.17) is 25.8 Å². The van der Waals surface area contributed by atoms with Crippen molar-refractivity contribution in [3.63, 3.8) is 0 Å². The smallest absolute Gasteiger partial charge is 0.306 e. The molecule has 3 rings (SSSR count). The van der Waals surface area contributed by atoms with Crippen molar-refractivity contribution in [3.8, 4) is 11.5 Å². The standard InChI is InChI=1S/C20H19ClN2O5/c1-26-16-5-3-4-13(20(16)27-2)6-9-19(25)28-12-15-10-18(24)23-11-14(21)7-8-17(23)22-15/h3-5,7-8,10-11H,6,9,12H2,1-2H3. The van der Waals surface area contributed by atoms with Crippen LogP contribution in [0.3, 0.4) is 0 Å². The van der Waals surface area contributed by atoms with Gasteiger partial charge in [-0.1, -0.05) is 23.7 Å². The van der Waals surface area contributed by atoms with Gasteiger partial charge in [0.05, 0.1) is 24.9 Å². The van der Waals surface area contributed by atoms with Crippen LogP contribution < -0.4 is 15.0 Å². The van der Waals surface area contributed by atoms with E-state index in [2.05, 4.69) is 4.98 Å². The van der Waals surface area contributed by atoms with Crippen molar-refractivity contribution in [3.05, 3.63) is 69.2 Å². The number of fused-ring (bicyclic) bond motifs is 1. The highest BCUT2D eigenvalue weighted by Crippen LogP contribution is 2.31. The normalized spacial score (nSPS) is 10.7. The molecular formula is C20H19ClN2O5. The fourth-order valence-corrected chi connectivity index (χ4v) is 2.97. The van der Waals surface area contributed by atoms with Gasteiger partial charge in [0, 0.05) is 18.7 Å². The van der Waals surface area contributed by atoms with Gasteiger partial charge in [0.25, 0.3) is 5.56 Å². The summed E-state index contributed by atoms with van der Waals surface area (Å²) >= 11 is 5.89. The van der Waals surface area contributed by atoms with Gasteiger partial charge in [-0.2, -0.15) is 0 Å². The van der Waals surface area contributed by atoms with Gasteiger partial charge in [-0.15, -0.1) is 0 Å². The lowest BCUT2D eigenvalue weighted by atomic mass is 10.1. The molecule has 0 bridgehead atoms. The summed E-state index contributed by atoms with van der Waals surface area (Å²) in [5.74, 6) is 0.804. The maximum Gasteiger partial charge on any atom is 0.306 e. The quantitative estimate of drug-likeness (QED) is 0.565. The summed E-state index contributed by atoms with van der Waals surface area (Å²) < 4.78 is 17.2. The molecule has 1 aromatic carbocycles. The summed E-state index contributed by atoms with van der Waals surface area (Å²) in [6.07, 6.45) is 2.08. The highest BCUT2D eigenvalue weighted by Gasteiger charge is 2.12. The Labute approximate surface area is 166 Å². The van der Waals surface area contributed by atoms with Crippen molar-refractivity contribution < 1.29 is 19.0 Å². The minimum absolute atomic E-state index is 0.0809. The number of hydrogen-bond donors (Lipinski definition) is 0. The zero-order valence-corrected chi connectivity index (χ0v) is 16.2. The molecule has 0 saturated carbocycles. The van der Waals surface area contributed by atoms with Crippen molar-refractivity contribution >= 4 is 23.2 Å². The molecule has 0 fully saturated rings. The Balaban J connectivity index is 1.63.